The van der Waals surface area contributed by atoms with Gasteiger partial charge in [-0.05, 0) is 63.8 Å². The van der Waals surface area contributed by atoms with Gasteiger partial charge in [-0.3, -0.25) is 4.79 Å². The highest BCUT2D eigenvalue weighted by atomic mass is 32.1. The molecule has 0 spiro atoms. The molecule has 3 rings (SSSR count). The number of carbonyl (C=O) groups is 2. The third-order valence-electron chi connectivity index (χ3n) is 5.07. The number of anilines is 1. The predicted molar refractivity (Wildman–Crippen MR) is 124 cm³/mol. The van der Waals surface area contributed by atoms with Gasteiger partial charge < -0.3 is 10.1 Å². The van der Waals surface area contributed by atoms with Crippen molar-refractivity contribution in [3.8, 4) is 11.1 Å². The average molecular weight is 422 g/mol. The van der Waals surface area contributed by atoms with Crippen LogP contribution in [0.5, 0.6) is 0 Å². The van der Waals surface area contributed by atoms with E-state index in [2.05, 4.69) is 11.4 Å². The number of benzene rings is 2. The summed E-state index contributed by atoms with van der Waals surface area (Å²) in [5, 5.41) is 5.39. The molecule has 3 aromatic rings. The first-order valence-corrected chi connectivity index (χ1v) is 10.9. The number of nitrogens with one attached hydrogen (secondary N) is 1. The molecule has 0 aliphatic rings. The number of hydrogen-bond donors (Lipinski definition) is 1. The number of esters is 1. The largest absolute Gasteiger partial charge is 0.462 e. The van der Waals surface area contributed by atoms with Crippen molar-refractivity contribution in [3.05, 3.63) is 74.7 Å². The Balaban J connectivity index is 2.06. The second kappa shape index (κ2) is 8.84. The molecule has 1 heterocycles. The number of carbonyl (C=O) groups excluding carboxylic acids is 2. The number of hydrogen-bond acceptors (Lipinski definition) is 4. The smallest absolute Gasteiger partial charge is 0.341 e. The summed E-state index contributed by atoms with van der Waals surface area (Å²) in [6.45, 7) is 12.0. The molecule has 4 nitrogen and oxygen atoms in total. The number of rotatable bonds is 5. The Morgan fingerprint density at radius 1 is 0.867 bits per heavy atom. The van der Waals surface area contributed by atoms with E-state index in [1.54, 1.807) is 6.92 Å². The van der Waals surface area contributed by atoms with Gasteiger partial charge in [-0.25, -0.2) is 4.79 Å². The lowest BCUT2D eigenvalue weighted by atomic mass is 9.97. The minimum Gasteiger partial charge on any atom is -0.462 e. The van der Waals surface area contributed by atoms with E-state index < -0.39 is 5.97 Å². The van der Waals surface area contributed by atoms with E-state index in [1.807, 2.05) is 64.3 Å². The topological polar surface area (TPSA) is 55.4 Å². The van der Waals surface area contributed by atoms with E-state index in [-0.39, 0.29) is 12.5 Å². The third-order valence-corrected chi connectivity index (χ3v) is 5.97. The number of thiophene rings is 1. The standard InChI is InChI=1S/C25H27NO3S/c1-7-29-25(28)22-20(19-9-8-14(2)10-16(19)4)13-30-24(22)26-23(27)21-17(5)11-15(3)12-18(21)6/h8-13H,7H2,1-6H3,(H,26,27). The Labute approximate surface area is 181 Å². The van der Waals surface area contributed by atoms with Crippen LogP contribution in [0.1, 0.15) is 55.5 Å². The maximum Gasteiger partial charge on any atom is 0.341 e. The van der Waals surface area contributed by atoms with Crippen LogP contribution in [0, 0.1) is 34.6 Å². The number of ether oxygens (including phenoxy) is 1. The molecule has 0 saturated carbocycles. The zero-order valence-electron chi connectivity index (χ0n) is 18.3. The fraction of sp³-hybridized carbons (Fsp3) is 0.280. The second-order valence-corrected chi connectivity index (χ2v) is 8.50. The van der Waals surface area contributed by atoms with Gasteiger partial charge in [0.1, 0.15) is 10.6 Å². The van der Waals surface area contributed by atoms with Gasteiger partial charge in [-0.1, -0.05) is 41.5 Å². The summed E-state index contributed by atoms with van der Waals surface area (Å²) >= 11 is 1.34. The molecule has 2 aromatic carbocycles. The molecule has 156 valence electrons. The summed E-state index contributed by atoms with van der Waals surface area (Å²) in [5.41, 5.74) is 7.95. The summed E-state index contributed by atoms with van der Waals surface area (Å²) in [6.07, 6.45) is 0. The van der Waals surface area contributed by atoms with Crippen molar-refractivity contribution in [2.75, 3.05) is 11.9 Å². The zero-order valence-corrected chi connectivity index (χ0v) is 19.1. The first kappa shape index (κ1) is 21.8. The van der Waals surface area contributed by atoms with Gasteiger partial charge in [-0.15, -0.1) is 11.3 Å². The van der Waals surface area contributed by atoms with E-state index in [0.29, 0.717) is 16.1 Å². The summed E-state index contributed by atoms with van der Waals surface area (Å²) in [7, 11) is 0. The van der Waals surface area contributed by atoms with Crippen LogP contribution >= 0.6 is 11.3 Å². The molecule has 0 unspecified atom stereocenters. The maximum atomic E-state index is 13.1. The molecule has 0 radical (unpaired) electrons. The van der Waals surface area contributed by atoms with Crippen LogP contribution in [0.4, 0.5) is 5.00 Å². The van der Waals surface area contributed by atoms with Gasteiger partial charge in [-0.2, -0.15) is 0 Å². The SMILES string of the molecule is CCOC(=O)c1c(-c2ccc(C)cc2C)csc1NC(=O)c1c(C)cc(C)cc1C. The summed E-state index contributed by atoms with van der Waals surface area (Å²) in [4.78, 5) is 25.9. The van der Waals surface area contributed by atoms with Crippen LogP contribution in [0.15, 0.2) is 35.7 Å². The van der Waals surface area contributed by atoms with Crippen molar-refractivity contribution < 1.29 is 14.3 Å². The van der Waals surface area contributed by atoms with Crippen molar-refractivity contribution in [2.24, 2.45) is 0 Å². The minimum atomic E-state index is -0.429. The first-order valence-electron chi connectivity index (χ1n) is 9.98. The predicted octanol–water partition coefficient (Wildman–Crippen LogP) is 6.39. The fourth-order valence-electron chi connectivity index (χ4n) is 3.87. The molecule has 0 aliphatic carbocycles. The summed E-state index contributed by atoms with van der Waals surface area (Å²) in [5.74, 6) is -0.647. The van der Waals surface area contributed by atoms with Crippen molar-refractivity contribution in [3.63, 3.8) is 0 Å². The Kier molecular flexibility index (Phi) is 6.42. The van der Waals surface area contributed by atoms with Crippen LogP contribution in [-0.2, 0) is 4.74 Å². The molecule has 0 bridgehead atoms. The zero-order chi connectivity index (χ0) is 22.0. The van der Waals surface area contributed by atoms with Crippen LogP contribution < -0.4 is 5.32 Å². The molecular formula is C25H27NO3S. The Morgan fingerprint density at radius 2 is 1.50 bits per heavy atom. The van der Waals surface area contributed by atoms with E-state index in [1.165, 1.54) is 11.3 Å². The van der Waals surface area contributed by atoms with Crippen LogP contribution in [0.2, 0.25) is 0 Å². The van der Waals surface area contributed by atoms with Gasteiger partial charge in [0.2, 0.25) is 0 Å². The average Bonchev–Trinajstić information content (AvgIpc) is 3.04. The molecule has 0 fully saturated rings. The summed E-state index contributed by atoms with van der Waals surface area (Å²) < 4.78 is 5.32. The molecule has 1 aromatic heterocycles. The van der Waals surface area contributed by atoms with E-state index >= 15 is 0 Å². The molecule has 5 heteroatoms. The van der Waals surface area contributed by atoms with Gasteiger partial charge in [0, 0.05) is 16.5 Å². The second-order valence-electron chi connectivity index (χ2n) is 7.62. The van der Waals surface area contributed by atoms with E-state index in [4.69, 9.17) is 4.74 Å². The number of aryl methyl sites for hydroxylation is 5. The van der Waals surface area contributed by atoms with Gasteiger partial charge in [0.15, 0.2) is 0 Å². The fourth-order valence-corrected chi connectivity index (χ4v) is 4.82. The van der Waals surface area contributed by atoms with E-state index in [0.717, 1.165) is 38.9 Å². The van der Waals surface area contributed by atoms with Gasteiger partial charge in [0.25, 0.3) is 5.91 Å². The highest BCUT2D eigenvalue weighted by molar-refractivity contribution is 7.15. The van der Waals surface area contributed by atoms with Crippen molar-refractivity contribution >= 4 is 28.2 Å². The Hall–Kier alpha value is -2.92. The van der Waals surface area contributed by atoms with Crippen molar-refractivity contribution in [1.29, 1.82) is 0 Å². The first-order chi connectivity index (χ1) is 14.2. The molecule has 0 aliphatic heterocycles. The monoisotopic (exact) mass is 421 g/mol. The lowest BCUT2D eigenvalue weighted by Gasteiger charge is -2.13. The molecular weight excluding hydrogens is 394 g/mol. The van der Waals surface area contributed by atoms with Gasteiger partial charge >= 0.3 is 5.97 Å². The number of amides is 1. The third kappa shape index (κ3) is 4.31. The minimum absolute atomic E-state index is 0.218. The molecule has 30 heavy (non-hydrogen) atoms. The van der Waals surface area contributed by atoms with Crippen molar-refractivity contribution in [1.82, 2.24) is 0 Å². The summed E-state index contributed by atoms with van der Waals surface area (Å²) in [6, 6.07) is 10.1. The van der Waals surface area contributed by atoms with Crippen molar-refractivity contribution in [2.45, 2.75) is 41.5 Å². The molecule has 1 N–H and O–H groups in total. The highest BCUT2D eigenvalue weighted by Crippen LogP contribution is 2.38. The molecule has 0 atom stereocenters. The van der Waals surface area contributed by atoms with E-state index in [9.17, 15) is 9.59 Å². The maximum absolute atomic E-state index is 13.1. The Bertz CT molecular complexity index is 1100. The highest BCUT2D eigenvalue weighted by Gasteiger charge is 2.24. The normalized spacial score (nSPS) is 10.7. The van der Waals surface area contributed by atoms with Crippen LogP contribution in [0.3, 0.4) is 0 Å². The van der Waals surface area contributed by atoms with Crippen LogP contribution in [0.25, 0.3) is 11.1 Å². The Morgan fingerprint density at radius 3 is 2.10 bits per heavy atom. The quantitative estimate of drug-likeness (QED) is 0.486. The van der Waals surface area contributed by atoms with Crippen LogP contribution in [-0.4, -0.2) is 18.5 Å². The molecule has 1 amide bonds. The lowest BCUT2D eigenvalue weighted by molar-refractivity contribution is 0.0529. The lowest BCUT2D eigenvalue weighted by Crippen LogP contribution is -2.17. The molecule has 0 saturated heterocycles. The van der Waals surface area contributed by atoms with Gasteiger partial charge in [0.05, 0.1) is 6.61 Å².